The van der Waals surface area contributed by atoms with E-state index >= 15 is 0 Å². The van der Waals surface area contributed by atoms with Crippen LogP contribution in [-0.4, -0.2) is 30.2 Å². The zero-order chi connectivity index (χ0) is 14.8. The predicted molar refractivity (Wildman–Crippen MR) is 84.8 cm³/mol. The number of carbonyl (C=O) groups excluding carboxylic acids is 1. The normalized spacial score (nSPS) is 10.6. The second kappa shape index (κ2) is 5.28. The smallest absolute Gasteiger partial charge is 0.256 e. The summed E-state index contributed by atoms with van der Waals surface area (Å²) in [6.45, 7) is 0. The van der Waals surface area contributed by atoms with Crippen molar-refractivity contribution in [3.8, 4) is 0 Å². The highest BCUT2D eigenvalue weighted by molar-refractivity contribution is 6.08. The third-order valence-electron chi connectivity index (χ3n) is 3.33. The molecule has 21 heavy (non-hydrogen) atoms. The maximum atomic E-state index is 12.3. The molecule has 106 valence electrons. The van der Waals surface area contributed by atoms with Crippen molar-refractivity contribution in [3.05, 3.63) is 54.1 Å². The summed E-state index contributed by atoms with van der Waals surface area (Å²) in [6, 6.07) is 15.1. The minimum Gasteiger partial charge on any atom is -0.378 e. The molecule has 1 amide bonds. The van der Waals surface area contributed by atoms with Crippen LogP contribution in [0.5, 0.6) is 0 Å². The second-order valence-corrected chi connectivity index (χ2v) is 5.02. The highest BCUT2D eigenvalue weighted by atomic mass is 16.1. The molecule has 0 saturated carbocycles. The van der Waals surface area contributed by atoms with Crippen molar-refractivity contribution in [1.82, 2.24) is 10.2 Å². The number of hydrogen-bond donors (Lipinski definition) is 2. The van der Waals surface area contributed by atoms with Gasteiger partial charge in [-0.15, -0.1) is 0 Å². The molecule has 5 nitrogen and oxygen atoms in total. The van der Waals surface area contributed by atoms with E-state index < -0.39 is 0 Å². The molecule has 0 aliphatic carbocycles. The van der Waals surface area contributed by atoms with E-state index in [0.717, 1.165) is 16.6 Å². The van der Waals surface area contributed by atoms with Gasteiger partial charge in [0.05, 0.1) is 5.52 Å². The van der Waals surface area contributed by atoms with Crippen LogP contribution in [0.1, 0.15) is 10.4 Å². The number of fused-ring (bicyclic) bond motifs is 1. The van der Waals surface area contributed by atoms with Crippen LogP contribution in [0.3, 0.4) is 0 Å². The maximum absolute atomic E-state index is 12.3. The van der Waals surface area contributed by atoms with Gasteiger partial charge in [0.1, 0.15) is 0 Å². The van der Waals surface area contributed by atoms with Crippen LogP contribution in [0.25, 0.3) is 10.9 Å². The lowest BCUT2D eigenvalue weighted by Gasteiger charge is -2.13. The molecular formula is C16H16N4O. The van der Waals surface area contributed by atoms with Gasteiger partial charge >= 0.3 is 0 Å². The molecule has 0 bridgehead atoms. The first kappa shape index (κ1) is 13.2. The summed E-state index contributed by atoms with van der Waals surface area (Å²) in [6.07, 6.45) is 0. The van der Waals surface area contributed by atoms with Gasteiger partial charge < -0.3 is 10.2 Å². The van der Waals surface area contributed by atoms with Crippen molar-refractivity contribution in [3.63, 3.8) is 0 Å². The fourth-order valence-corrected chi connectivity index (χ4v) is 2.16. The lowest BCUT2D eigenvalue weighted by atomic mass is 10.1. The second-order valence-electron chi connectivity index (χ2n) is 5.02. The summed E-state index contributed by atoms with van der Waals surface area (Å²) in [5.74, 6) is 0.377. The van der Waals surface area contributed by atoms with Crippen molar-refractivity contribution < 1.29 is 4.79 Å². The van der Waals surface area contributed by atoms with E-state index in [1.54, 1.807) is 6.07 Å². The highest BCUT2D eigenvalue weighted by Gasteiger charge is 2.11. The van der Waals surface area contributed by atoms with E-state index in [0.29, 0.717) is 11.4 Å². The summed E-state index contributed by atoms with van der Waals surface area (Å²) in [5, 5.41) is 10.8. The van der Waals surface area contributed by atoms with Crippen LogP contribution >= 0.6 is 0 Å². The van der Waals surface area contributed by atoms with Crippen LogP contribution in [-0.2, 0) is 0 Å². The van der Waals surface area contributed by atoms with E-state index in [1.807, 2.05) is 61.5 Å². The van der Waals surface area contributed by atoms with Gasteiger partial charge in [0.15, 0.2) is 5.82 Å². The van der Waals surface area contributed by atoms with Gasteiger partial charge in [-0.1, -0.05) is 18.2 Å². The molecular weight excluding hydrogens is 264 g/mol. The van der Waals surface area contributed by atoms with Crippen molar-refractivity contribution in [2.75, 3.05) is 24.3 Å². The molecule has 0 aliphatic rings. The number of aromatic amines is 1. The molecule has 0 atom stereocenters. The van der Waals surface area contributed by atoms with Gasteiger partial charge in [0, 0.05) is 30.7 Å². The predicted octanol–water partition coefficient (Wildman–Crippen LogP) is 2.88. The fourth-order valence-electron chi connectivity index (χ4n) is 2.16. The Balaban J connectivity index is 1.88. The summed E-state index contributed by atoms with van der Waals surface area (Å²) >= 11 is 0. The van der Waals surface area contributed by atoms with Gasteiger partial charge in [0.25, 0.3) is 5.91 Å². The lowest BCUT2D eigenvalue weighted by Crippen LogP contribution is -2.14. The minimum atomic E-state index is -0.170. The number of rotatable bonds is 3. The van der Waals surface area contributed by atoms with Gasteiger partial charge in [-0.3, -0.25) is 9.89 Å². The number of aromatic nitrogens is 2. The molecule has 3 aromatic rings. The first-order valence-electron chi connectivity index (χ1n) is 6.67. The topological polar surface area (TPSA) is 61.0 Å². The number of amides is 1. The Morgan fingerprint density at radius 1 is 1.14 bits per heavy atom. The van der Waals surface area contributed by atoms with Crippen molar-refractivity contribution in [2.45, 2.75) is 0 Å². The molecule has 0 spiro atoms. The number of anilines is 2. The maximum Gasteiger partial charge on any atom is 0.256 e. The zero-order valence-corrected chi connectivity index (χ0v) is 11.9. The molecule has 0 aliphatic heterocycles. The average molecular weight is 280 g/mol. The number of nitrogens with zero attached hydrogens (tertiary/aromatic N) is 2. The monoisotopic (exact) mass is 280 g/mol. The third kappa shape index (κ3) is 2.58. The first-order chi connectivity index (χ1) is 10.1. The van der Waals surface area contributed by atoms with Crippen molar-refractivity contribution in [1.29, 1.82) is 0 Å². The molecule has 1 heterocycles. The highest BCUT2D eigenvalue weighted by Crippen LogP contribution is 2.21. The standard InChI is InChI=1S/C16H16N4O/c1-20(2)12-7-5-6-11(10-12)16(21)17-15-13-8-3-4-9-14(13)18-19-15/h3-10H,1-2H3,(H2,17,18,19,21). The number of carbonyl (C=O) groups is 1. The van der Waals surface area contributed by atoms with Crippen molar-refractivity contribution >= 4 is 28.3 Å². The number of hydrogen-bond acceptors (Lipinski definition) is 3. The molecule has 0 radical (unpaired) electrons. The number of para-hydroxylation sites is 1. The van der Waals surface area contributed by atoms with E-state index in [4.69, 9.17) is 0 Å². The lowest BCUT2D eigenvalue weighted by molar-refractivity contribution is 0.102. The molecule has 5 heteroatoms. The van der Waals surface area contributed by atoms with Gasteiger partial charge in [-0.05, 0) is 30.3 Å². The van der Waals surface area contributed by atoms with E-state index in [1.165, 1.54) is 0 Å². The third-order valence-corrected chi connectivity index (χ3v) is 3.33. The Labute approximate surface area is 122 Å². The molecule has 0 unspecified atom stereocenters. The van der Waals surface area contributed by atoms with E-state index in [-0.39, 0.29) is 5.91 Å². The molecule has 0 fully saturated rings. The quantitative estimate of drug-likeness (QED) is 0.775. The van der Waals surface area contributed by atoms with Crippen molar-refractivity contribution in [2.24, 2.45) is 0 Å². The zero-order valence-electron chi connectivity index (χ0n) is 11.9. The molecule has 2 N–H and O–H groups in total. The molecule has 0 saturated heterocycles. The van der Waals surface area contributed by atoms with Gasteiger partial charge in [-0.2, -0.15) is 5.10 Å². The van der Waals surface area contributed by atoms with Gasteiger partial charge in [-0.25, -0.2) is 0 Å². The number of benzene rings is 2. The molecule has 3 rings (SSSR count). The Bertz CT molecular complexity index is 792. The Morgan fingerprint density at radius 3 is 2.76 bits per heavy atom. The van der Waals surface area contributed by atoms with Gasteiger partial charge in [0.2, 0.25) is 0 Å². The number of H-pyrrole nitrogens is 1. The SMILES string of the molecule is CN(C)c1cccc(C(=O)Nc2n[nH]c3ccccc23)c1. The molecule has 1 aromatic heterocycles. The number of nitrogens with one attached hydrogen (secondary N) is 2. The summed E-state index contributed by atoms with van der Waals surface area (Å²) in [4.78, 5) is 14.3. The van der Waals surface area contributed by atoms with E-state index in [2.05, 4.69) is 15.5 Å². The average Bonchev–Trinajstić information content (AvgIpc) is 2.91. The van der Waals surface area contributed by atoms with E-state index in [9.17, 15) is 4.79 Å². The minimum absolute atomic E-state index is 0.170. The first-order valence-corrected chi connectivity index (χ1v) is 6.67. The Kier molecular flexibility index (Phi) is 3.31. The van der Waals surface area contributed by atoms with Crippen LogP contribution in [0.15, 0.2) is 48.5 Å². The summed E-state index contributed by atoms with van der Waals surface area (Å²) in [7, 11) is 3.89. The van der Waals surface area contributed by atoms with Crippen LogP contribution in [0.2, 0.25) is 0 Å². The van der Waals surface area contributed by atoms with Crippen LogP contribution in [0, 0.1) is 0 Å². The van der Waals surface area contributed by atoms with Crippen LogP contribution in [0.4, 0.5) is 11.5 Å². The summed E-state index contributed by atoms with van der Waals surface area (Å²) < 4.78 is 0. The summed E-state index contributed by atoms with van der Waals surface area (Å²) in [5.41, 5.74) is 2.48. The Hall–Kier alpha value is -2.82. The largest absolute Gasteiger partial charge is 0.378 e. The Morgan fingerprint density at radius 2 is 1.95 bits per heavy atom. The van der Waals surface area contributed by atoms with Crippen LogP contribution < -0.4 is 10.2 Å². The molecule has 2 aromatic carbocycles. The fraction of sp³-hybridized carbons (Fsp3) is 0.125.